The van der Waals surface area contributed by atoms with Crippen molar-refractivity contribution in [1.29, 1.82) is 0 Å². The van der Waals surface area contributed by atoms with Gasteiger partial charge in [-0.3, -0.25) is 0 Å². The maximum Gasteiger partial charge on any atom is 0.203 e. The lowest BCUT2D eigenvalue weighted by Crippen LogP contribution is -2.23. The first-order chi connectivity index (χ1) is 8.31. The molecular formula is C15H29N3. The van der Waals surface area contributed by atoms with Crippen molar-refractivity contribution in [2.75, 3.05) is 5.32 Å². The van der Waals surface area contributed by atoms with Crippen LogP contribution in [0, 0.1) is 24.7 Å². The predicted octanol–water partition coefficient (Wildman–Crippen LogP) is 3.94. The van der Waals surface area contributed by atoms with Gasteiger partial charge in [-0.2, -0.15) is 0 Å². The van der Waals surface area contributed by atoms with Gasteiger partial charge in [-0.05, 0) is 38.5 Å². The summed E-state index contributed by atoms with van der Waals surface area (Å²) < 4.78 is 2.28. The van der Waals surface area contributed by atoms with Gasteiger partial charge in [-0.25, -0.2) is 4.98 Å². The van der Waals surface area contributed by atoms with Gasteiger partial charge in [0.2, 0.25) is 5.95 Å². The van der Waals surface area contributed by atoms with Gasteiger partial charge in [-0.1, -0.05) is 27.7 Å². The number of nitrogens with zero attached hydrogens (tertiary/aromatic N) is 2. The normalized spacial score (nSPS) is 12.2. The molecule has 1 aromatic heterocycles. The first kappa shape index (κ1) is 15.1. The van der Waals surface area contributed by atoms with Crippen molar-refractivity contribution >= 4 is 5.95 Å². The monoisotopic (exact) mass is 251 g/mol. The van der Waals surface area contributed by atoms with E-state index in [-0.39, 0.29) is 0 Å². The molecule has 0 saturated carbocycles. The Bertz CT molecular complexity index is 356. The summed E-state index contributed by atoms with van der Waals surface area (Å²) in [7, 11) is 0. The molecule has 1 rings (SSSR count). The molecule has 0 radical (unpaired) electrons. The van der Waals surface area contributed by atoms with Crippen molar-refractivity contribution in [1.82, 2.24) is 9.55 Å². The zero-order valence-corrected chi connectivity index (χ0v) is 13.0. The molecule has 0 bridgehead atoms. The van der Waals surface area contributed by atoms with Gasteiger partial charge in [0.15, 0.2) is 0 Å². The summed E-state index contributed by atoms with van der Waals surface area (Å²) in [6.07, 6.45) is 2.16. The average Bonchev–Trinajstić information content (AvgIpc) is 2.53. The van der Waals surface area contributed by atoms with Gasteiger partial charge in [-0.15, -0.1) is 0 Å². The maximum atomic E-state index is 4.57. The second kappa shape index (κ2) is 6.26. The van der Waals surface area contributed by atoms with Crippen LogP contribution in [0.2, 0.25) is 0 Å². The molecule has 0 fully saturated rings. The fraction of sp³-hybridized carbons (Fsp3) is 0.800. The molecule has 1 heterocycles. The molecule has 0 aliphatic carbocycles. The van der Waals surface area contributed by atoms with Crippen molar-refractivity contribution in [3.63, 3.8) is 0 Å². The number of hydrogen-bond acceptors (Lipinski definition) is 2. The third-order valence-electron chi connectivity index (χ3n) is 3.43. The van der Waals surface area contributed by atoms with Crippen molar-refractivity contribution in [2.45, 2.75) is 61.1 Å². The van der Waals surface area contributed by atoms with Crippen LogP contribution in [-0.2, 0) is 6.54 Å². The summed E-state index contributed by atoms with van der Waals surface area (Å²) in [6.45, 7) is 16.6. The maximum absolute atomic E-state index is 4.57. The Morgan fingerprint density at radius 2 is 1.67 bits per heavy atom. The van der Waals surface area contributed by atoms with Crippen LogP contribution in [0.1, 0.15) is 47.2 Å². The van der Waals surface area contributed by atoms with Gasteiger partial charge in [0.25, 0.3) is 0 Å². The molecule has 0 aliphatic heterocycles. The van der Waals surface area contributed by atoms with Gasteiger partial charge >= 0.3 is 0 Å². The van der Waals surface area contributed by atoms with E-state index >= 15 is 0 Å². The molecular weight excluding hydrogens is 222 g/mol. The largest absolute Gasteiger partial charge is 0.353 e. The highest BCUT2D eigenvalue weighted by molar-refractivity contribution is 5.29. The summed E-state index contributed by atoms with van der Waals surface area (Å²) in [6, 6.07) is 0.419. The molecule has 1 aromatic rings. The minimum absolute atomic E-state index is 0.419. The molecule has 3 heteroatoms. The number of anilines is 1. The summed E-state index contributed by atoms with van der Waals surface area (Å²) in [5.41, 5.74) is 1.09. The van der Waals surface area contributed by atoms with Crippen molar-refractivity contribution in [2.24, 2.45) is 17.8 Å². The van der Waals surface area contributed by atoms with E-state index in [1.807, 2.05) is 0 Å². The lowest BCUT2D eigenvalue weighted by atomic mass is 9.85. The molecule has 0 unspecified atom stereocenters. The number of aryl methyl sites for hydroxylation is 1. The van der Waals surface area contributed by atoms with E-state index in [1.54, 1.807) is 0 Å². The van der Waals surface area contributed by atoms with Crippen molar-refractivity contribution in [3.8, 4) is 0 Å². The molecule has 0 spiro atoms. The van der Waals surface area contributed by atoms with Crippen LogP contribution in [0.15, 0.2) is 6.20 Å². The van der Waals surface area contributed by atoms with Crippen LogP contribution < -0.4 is 5.32 Å². The first-order valence-electron chi connectivity index (χ1n) is 7.11. The van der Waals surface area contributed by atoms with Crippen LogP contribution in [0.3, 0.4) is 0 Å². The highest BCUT2D eigenvalue weighted by Crippen LogP contribution is 2.24. The van der Waals surface area contributed by atoms with E-state index in [2.05, 4.69) is 69.5 Å². The van der Waals surface area contributed by atoms with Gasteiger partial charge < -0.3 is 9.88 Å². The van der Waals surface area contributed by atoms with Crippen LogP contribution >= 0.6 is 0 Å². The molecule has 0 saturated heterocycles. The zero-order valence-electron chi connectivity index (χ0n) is 13.0. The molecule has 104 valence electrons. The van der Waals surface area contributed by atoms with Gasteiger partial charge in [0.05, 0.1) is 5.69 Å². The number of imidazole rings is 1. The summed E-state index contributed by atoms with van der Waals surface area (Å²) in [4.78, 5) is 4.57. The van der Waals surface area contributed by atoms with Crippen molar-refractivity contribution in [3.05, 3.63) is 11.9 Å². The Morgan fingerprint density at radius 3 is 2.11 bits per heavy atom. The number of rotatable bonds is 6. The number of aromatic nitrogens is 2. The Balaban J connectivity index is 2.88. The van der Waals surface area contributed by atoms with Gasteiger partial charge in [0, 0.05) is 18.8 Å². The molecule has 18 heavy (non-hydrogen) atoms. The van der Waals surface area contributed by atoms with Crippen LogP contribution in [0.5, 0.6) is 0 Å². The SMILES string of the molecule is Cc1cn(CC(C(C)C)C(C)C)c(NC(C)C)n1. The number of nitrogens with one attached hydrogen (secondary N) is 1. The molecule has 0 atom stereocenters. The van der Waals surface area contributed by atoms with Crippen molar-refractivity contribution < 1.29 is 0 Å². The highest BCUT2D eigenvalue weighted by Gasteiger charge is 2.19. The zero-order chi connectivity index (χ0) is 13.9. The molecule has 0 aliphatic rings. The molecule has 0 amide bonds. The Hall–Kier alpha value is -0.990. The molecule has 0 aromatic carbocycles. The summed E-state index contributed by atoms with van der Waals surface area (Å²) in [5.74, 6) is 3.08. The standard InChI is InChI=1S/C15H29N3/c1-10(2)14(11(3)4)9-18-8-13(7)17-15(18)16-12(5)6/h8,10-12,14H,9H2,1-7H3,(H,16,17). The van der Waals surface area contributed by atoms with E-state index < -0.39 is 0 Å². The van der Waals surface area contributed by atoms with Crippen LogP contribution in [0.4, 0.5) is 5.95 Å². The lowest BCUT2D eigenvalue weighted by molar-refractivity contribution is 0.253. The second-order valence-electron chi connectivity index (χ2n) is 6.31. The smallest absolute Gasteiger partial charge is 0.203 e. The predicted molar refractivity (Wildman–Crippen MR) is 78.9 cm³/mol. The fourth-order valence-electron chi connectivity index (χ4n) is 2.48. The highest BCUT2D eigenvalue weighted by atomic mass is 15.2. The van der Waals surface area contributed by atoms with E-state index in [0.717, 1.165) is 18.2 Å². The van der Waals surface area contributed by atoms with E-state index in [0.29, 0.717) is 23.8 Å². The first-order valence-corrected chi connectivity index (χ1v) is 7.11. The fourth-order valence-corrected chi connectivity index (χ4v) is 2.48. The van der Waals surface area contributed by atoms with Crippen LogP contribution in [-0.4, -0.2) is 15.6 Å². The quantitative estimate of drug-likeness (QED) is 0.830. The number of hydrogen-bond donors (Lipinski definition) is 1. The van der Waals surface area contributed by atoms with E-state index in [4.69, 9.17) is 0 Å². The molecule has 1 N–H and O–H groups in total. The minimum atomic E-state index is 0.419. The summed E-state index contributed by atoms with van der Waals surface area (Å²) in [5, 5.41) is 3.43. The van der Waals surface area contributed by atoms with Gasteiger partial charge in [0.1, 0.15) is 0 Å². The summed E-state index contributed by atoms with van der Waals surface area (Å²) >= 11 is 0. The average molecular weight is 251 g/mol. The Kier molecular flexibility index (Phi) is 5.24. The van der Waals surface area contributed by atoms with E-state index in [9.17, 15) is 0 Å². The minimum Gasteiger partial charge on any atom is -0.353 e. The third kappa shape index (κ3) is 4.04. The topological polar surface area (TPSA) is 29.9 Å². The third-order valence-corrected chi connectivity index (χ3v) is 3.43. The molecule has 3 nitrogen and oxygen atoms in total. The van der Waals surface area contributed by atoms with E-state index in [1.165, 1.54) is 0 Å². The Labute approximate surface area is 112 Å². The Morgan fingerprint density at radius 1 is 1.11 bits per heavy atom. The van der Waals surface area contributed by atoms with Crippen LogP contribution in [0.25, 0.3) is 0 Å². The lowest BCUT2D eigenvalue weighted by Gasteiger charge is -2.26. The second-order valence-corrected chi connectivity index (χ2v) is 6.31.